The fraction of sp³-hybridized carbons (Fsp3) is 0.591. The molecule has 1 aromatic carbocycles. The smallest absolute Gasteiger partial charge is 0.236 e. The molecule has 1 fully saturated rings. The number of benzene rings is 1. The van der Waals surface area contributed by atoms with Crippen LogP contribution in [0.2, 0.25) is 0 Å². The Morgan fingerprint density at radius 2 is 1.87 bits per heavy atom. The maximum atomic E-state index is 13.4. The summed E-state index contributed by atoms with van der Waals surface area (Å²) in [6.45, 7) is 14.7. The van der Waals surface area contributed by atoms with E-state index >= 15 is 0 Å². The van der Waals surface area contributed by atoms with Crippen LogP contribution < -0.4 is 4.90 Å². The third-order valence-corrected chi connectivity index (χ3v) is 6.26. The second-order valence-corrected chi connectivity index (χ2v) is 9.78. The van der Waals surface area contributed by atoms with E-state index in [1.165, 1.54) is 11.8 Å². The first-order valence-electron chi connectivity index (χ1n) is 10.6. The molecule has 2 aromatic rings. The molecule has 1 aliphatic heterocycles. The van der Waals surface area contributed by atoms with Crippen LogP contribution in [0.5, 0.6) is 0 Å². The van der Waals surface area contributed by atoms with E-state index in [1.807, 2.05) is 30.0 Å². The Bertz CT molecular complexity index is 828. The molecular weight excluding hydrogens is 398 g/mol. The van der Waals surface area contributed by atoms with Crippen molar-refractivity contribution in [1.82, 2.24) is 19.7 Å². The Hall–Kier alpha value is -2.06. The van der Waals surface area contributed by atoms with Gasteiger partial charge in [0.1, 0.15) is 0 Å². The highest BCUT2D eigenvalue weighted by atomic mass is 32.2. The van der Waals surface area contributed by atoms with Crippen LogP contribution in [0.1, 0.15) is 40.2 Å². The summed E-state index contributed by atoms with van der Waals surface area (Å²) in [7, 11) is 0. The monoisotopic (exact) mass is 431 g/mol. The fourth-order valence-electron chi connectivity index (χ4n) is 3.48. The lowest BCUT2D eigenvalue weighted by Gasteiger charge is -2.37. The Balaban J connectivity index is 1.75. The zero-order chi connectivity index (χ0) is 21.7. The number of aromatic nitrogens is 3. The van der Waals surface area contributed by atoms with Crippen LogP contribution in [0.4, 0.5) is 5.95 Å². The van der Waals surface area contributed by atoms with Gasteiger partial charge in [0.05, 0.1) is 18.5 Å². The van der Waals surface area contributed by atoms with E-state index in [2.05, 4.69) is 59.5 Å². The number of ether oxygens (including phenoxy) is 1. The summed E-state index contributed by atoms with van der Waals surface area (Å²) in [5.41, 5.74) is 0.850. The number of carbonyl (C=O) groups excluding carboxylic acids is 1. The van der Waals surface area contributed by atoms with Gasteiger partial charge in [-0.2, -0.15) is 0 Å². The standard InChI is InChI=1S/C22H33N5O2S/c1-6-26-20(25-12-14-29-15-13-25)23-24-21(26)30-17(2)19(28)27(22(3,4)5)16-18-10-8-7-9-11-18/h7-11,17H,6,12-16H2,1-5H3/t17-/m0/s1. The van der Waals surface area contributed by atoms with Crippen molar-refractivity contribution in [3.05, 3.63) is 35.9 Å². The molecule has 0 spiro atoms. The van der Waals surface area contributed by atoms with Crippen LogP contribution in [0.25, 0.3) is 0 Å². The van der Waals surface area contributed by atoms with Crippen molar-refractivity contribution in [1.29, 1.82) is 0 Å². The normalized spacial score (nSPS) is 15.8. The van der Waals surface area contributed by atoms with Crippen molar-refractivity contribution >= 4 is 23.6 Å². The second kappa shape index (κ2) is 9.83. The lowest BCUT2D eigenvalue weighted by atomic mass is 10.0. The van der Waals surface area contributed by atoms with Crippen LogP contribution in [-0.4, -0.2) is 62.7 Å². The summed E-state index contributed by atoms with van der Waals surface area (Å²) in [5, 5.41) is 9.36. The summed E-state index contributed by atoms with van der Waals surface area (Å²) in [6, 6.07) is 10.1. The quantitative estimate of drug-likeness (QED) is 0.626. The number of anilines is 1. The minimum atomic E-state index is -0.279. The maximum Gasteiger partial charge on any atom is 0.236 e. The molecule has 1 amide bonds. The predicted octanol–water partition coefficient (Wildman–Crippen LogP) is 3.44. The largest absolute Gasteiger partial charge is 0.378 e. The molecule has 1 aromatic heterocycles. The van der Waals surface area contributed by atoms with Crippen molar-refractivity contribution < 1.29 is 9.53 Å². The molecule has 3 rings (SSSR count). The number of hydrogen-bond acceptors (Lipinski definition) is 6. The molecule has 0 bridgehead atoms. The zero-order valence-electron chi connectivity index (χ0n) is 18.7. The van der Waals surface area contributed by atoms with E-state index in [1.54, 1.807) is 0 Å². The highest BCUT2D eigenvalue weighted by Crippen LogP contribution is 2.29. The van der Waals surface area contributed by atoms with Gasteiger partial charge < -0.3 is 14.5 Å². The lowest BCUT2D eigenvalue weighted by molar-refractivity contribution is -0.135. The highest BCUT2D eigenvalue weighted by molar-refractivity contribution is 8.00. The minimum Gasteiger partial charge on any atom is -0.378 e. The van der Waals surface area contributed by atoms with Gasteiger partial charge in [-0.25, -0.2) is 0 Å². The third-order valence-electron chi connectivity index (χ3n) is 5.20. The number of nitrogens with zero attached hydrogens (tertiary/aromatic N) is 5. The summed E-state index contributed by atoms with van der Waals surface area (Å²) in [5.74, 6) is 0.967. The topological polar surface area (TPSA) is 63.5 Å². The molecule has 2 heterocycles. The number of rotatable bonds is 7. The first-order chi connectivity index (χ1) is 14.3. The van der Waals surface area contributed by atoms with Crippen molar-refractivity contribution in [2.45, 2.75) is 63.7 Å². The third kappa shape index (κ3) is 5.35. The van der Waals surface area contributed by atoms with E-state index in [4.69, 9.17) is 4.74 Å². The molecule has 164 valence electrons. The number of morpholine rings is 1. The van der Waals surface area contributed by atoms with Crippen LogP contribution in [0, 0.1) is 0 Å². The van der Waals surface area contributed by atoms with Crippen LogP contribution in [0.15, 0.2) is 35.5 Å². The van der Waals surface area contributed by atoms with Crippen LogP contribution >= 0.6 is 11.8 Å². The molecule has 30 heavy (non-hydrogen) atoms. The van der Waals surface area contributed by atoms with Gasteiger partial charge in [-0.3, -0.25) is 9.36 Å². The molecule has 0 saturated carbocycles. The van der Waals surface area contributed by atoms with Crippen LogP contribution in [-0.2, 0) is 22.6 Å². The van der Waals surface area contributed by atoms with E-state index in [0.717, 1.165) is 36.3 Å². The molecule has 0 radical (unpaired) electrons. The molecule has 8 heteroatoms. The first kappa shape index (κ1) is 22.6. The van der Waals surface area contributed by atoms with Gasteiger partial charge in [-0.1, -0.05) is 42.1 Å². The van der Waals surface area contributed by atoms with E-state index in [-0.39, 0.29) is 16.7 Å². The Kier molecular flexibility index (Phi) is 7.41. The lowest BCUT2D eigenvalue weighted by Crippen LogP contribution is -2.48. The summed E-state index contributed by atoms with van der Waals surface area (Å²) in [6.07, 6.45) is 0. The highest BCUT2D eigenvalue weighted by Gasteiger charge is 2.31. The van der Waals surface area contributed by atoms with E-state index in [9.17, 15) is 4.79 Å². The number of amides is 1. The molecule has 0 unspecified atom stereocenters. The van der Waals surface area contributed by atoms with E-state index < -0.39 is 0 Å². The van der Waals surface area contributed by atoms with Gasteiger partial charge in [0.2, 0.25) is 11.9 Å². The SMILES string of the molecule is CCn1c(S[C@@H](C)C(=O)N(Cc2ccccc2)C(C)(C)C)nnc1N1CCOCC1. The van der Waals surface area contributed by atoms with E-state index in [0.29, 0.717) is 19.8 Å². The van der Waals surface area contributed by atoms with Crippen molar-refractivity contribution in [2.24, 2.45) is 0 Å². The maximum absolute atomic E-state index is 13.4. The average Bonchev–Trinajstić information content (AvgIpc) is 3.14. The molecule has 1 atom stereocenters. The number of carbonyl (C=O) groups is 1. The molecule has 0 aliphatic carbocycles. The van der Waals surface area contributed by atoms with Crippen molar-refractivity contribution in [3.8, 4) is 0 Å². The zero-order valence-corrected chi connectivity index (χ0v) is 19.5. The summed E-state index contributed by atoms with van der Waals surface area (Å²) >= 11 is 1.48. The average molecular weight is 432 g/mol. The molecule has 7 nitrogen and oxygen atoms in total. The van der Waals surface area contributed by atoms with Gasteiger partial charge in [-0.05, 0) is 40.2 Å². The fourth-order valence-corrected chi connectivity index (χ4v) is 4.45. The molecular formula is C22H33N5O2S. The van der Waals surface area contributed by atoms with Gasteiger partial charge in [0, 0.05) is 31.7 Å². The summed E-state index contributed by atoms with van der Waals surface area (Å²) in [4.78, 5) is 17.6. The Morgan fingerprint density at radius 1 is 1.20 bits per heavy atom. The van der Waals surface area contributed by atoms with Gasteiger partial charge in [0.25, 0.3) is 0 Å². The predicted molar refractivity (Wildman–Crippen MR) is 121 cm³/mol. The van der Waals surface area contributed by atoms with Gasteiger partial charge in [-0.15, -0.1) is 10.2 Å². The number of thioether (sulfide) groups is 1. The van der Waals surface area contributed by atoms with Gasteiger partial charge in [0.15, 0.2) is 5.16 Å². The van der Waals surface area contributed by atoms with Crippen molar-refractivity contribution in [3.63, 3.8) is 0 Å². The van der Waals surface area contributed by atoms with Gasteiger partial charge >= 0.3 is 0 Å². The van der Waals surface area contributed by atoms with Crippen LogP contribution in [0.3, 0.4) is 0 Å². The number of hydrogen-bond donors (Lipinski definition) is 0. The summed E-state index contributed by atoms with van der Waals surface area (Å²) < 4.78 is 7.55. The molecule has 0 N–H and O–H groups in total. The molecule has 1 saturated heterocycles. The molecule has 1 aliphatic rings. The first-order valence-corrected chi connectivity index (χ1v) is 11.5. The Morgan fingerprint density at radius 3 is 2.47 bits per heavy atom. The second-order valence-electron chi connectivity index (χ2n) is 8.47. The Labute approximate surface area is 183 Å². The minimum absolute atomic E-state index is 0.106. The van der Waals surface area contributed by atoms with Crippen molar-refractivity contribution in [2.75, 3.05) is 31.2 Å².